The number of hydrogen-bond acceptors (Lipinski definition) is 4. The van der Waals surface area contributed by atoms with Crippen molar-refractivity contribution in [3.63, 3.8) is 0 Å². The Morgan fingerprint density at radius 2 is 2.29 bits per heavy atom. The maximum Gasteiger partial charge on any atom is 0.270 e. The molecule has 0 spiro atoms. The van der Waals surface area contributed by atoms with E-state index in [4.69, 9.17) is 0 Å². The first-order valence-corrected chi connectivity index (χ1v) is 7.96. The molecule has 1 fully saturated rings. The van der Waals surface area contributed by atoms with E-state index in [0.29, 0.717) is 5.69 Å². The van der Waals surface area contributed by atoms with Crippen LogP contribution in [0.2, 0.25) is 0 Å². The number of amides is 1. The van der Waals surface area contributed by atoms with Crippen LogP contribution in [0.1, 0.15) is 43.6 Å². The van der Waals surface area contributed by atoms with Gasteiger partial charge in [0.05, 0.1) is 11.9 Å². The molecule has 1 amide bonds. The molecule has 2 rings (SSSR count). The summed E-state index contributed by atoms with van der Waals surface area (Å²) >= 11 is 0. The molecule has 1 aromatic heterocycles. The van der Waals surface area contributed by atoms with Crippen molar-refractivity contribution in [1.29, 1.82) is 0 Å². The molecular weight excluding hydrogens is 264 g/mol. The molecule has 0 aliphatic carbocycles. The SMILES string of the molecule is CCCNc1ccc(C(=O)NC2CCCN(CC)C2)nc1. The van der Waals surface area contributed by atoms with Crippen LogP contribution in [-0.2, 0) is 0 Å². The number of aromatic nitrogens is 1. The van der Waals surface area contributed by atoms with Crippen molar-refractivity contribution in [3.8, 4) is 0 Å². The van der Waals surface area contributed by atoms with Gasteiger partial charge in [-0.2, -0.15) is 0 Å². The lowest BCUT2D eigenvalue weighted by Gasteiger charge is -2.32. The third-order valence-corrected chi connectivity index (χ3v) is 3.86. The van der Waals surface area contributed by atoms with E-state index in [1.54, 1.807) is 12.3 Å². The topological polar surface area (TPSA) is 57.3 Å². The van der Waals surface area contributed by atoms with E-state index in [1.165, 1.54) is 0 Å². The zero-order chi connectivity index (χ0) is 15.1. The Hall–Kier alpha value is -1.62. The van der Waals surface area contributed by atoms with Gasteiger partial charge in [-0.15, -0.1) is 0 Å². The molecule has 2 N–H and O–H groups in total. The van der Waals surface area contributed by atoms with E-state index in [-0.39, 0.29) is 11.9 Å². The summed E-state index contributed by atoms with van der Waals surface area (Å²) in [5.41, 5.74) is 1.45. The summed E-state index contributed by atoms with van der Waals surface area (Å²) in [6.07, 6.45) is 4.99. The number of anilines is 1. The average Bonchev–Trinajstić information content (AvgIpc) is 2.53. The Morgan fingerprint density at radius 1 is 1.43 bits per heavy atom. The van der Waals surface area contributed by atoms with Gasteiger partial charge < -0.3 is 15.5 Å². The normalized spacial score (nSPS) is 19.2. The molecule has 0 saturated carbocycles. The summed E-state index contributed by atoms with van der Waals surface area (Å²) in [7, 11) is 0. The molecule has 5 heteroatoms. The zero-order valence-electron chi connectivity index (χ0n) is 13.1. The zero-order valence-corrected chi connectivity index (χ0v) is 13.1. The fourth-order valence-corrected chi connectivity index (χ4v) is 2.62. The predicted octanol–water partition coefficient (Wildman–Crippen LogP) is 2.12. The fraction of sp³-hybridized carbons (Fsp3) is 0.625. The highest BCUT2D eigenvalue weighted by atomic mass is 16.1. The molecule has 0 bridgehead atoms. The lowest BCUT2D eigenvalue weighted by Crippen LogP contribution is -2.47. The Bertz CT molecular complexity index is 446. The number of likely N-dealkylation sites (tertiary alicyclic amines) is 1. The van der Waals surface area contributed by atoms with Gasteiger partial charge in [0.2, 0.25) is 0 Å². The first kappa shape index (κ1) is 15.8. The number of nitrogens with one attached hydrogen (secondary N) is 2. The minimum Gasteiger partial charge on any atom is -0.384 e. The van der Waals surface area contributed by atoms with E-state index < -0.39 is 0 Å². The number of likely N-dealkylation sites (N-methyl/N-ethyl adjacent to an activating group) is 1. The van der Waals surface area contributed by atoms with Crippen LogP contribution >= 0.6 is 0 Å². The van der Waals surface area contributed by atoms with Crippen LogP contribution < -0.4 is 10.6 Å². The molecule has 0 aromatic carbocycles. The summed E-state index contributed by atoms with van der Waals surface area (Å²) in [5, 5.41) is 6.35. The van der Waals surface area contributed by atoms with Crippen molar-refractivity contribution in [2.45, 2.75) is 39.2 Å². The molecule has 2 heterocycles. The van der Waals surface area contributed by atoms with Crippen molar-refractivity contribution >= 4 is 11.6 Å². The summed E-state index contributed by atoms with van der Waals surface area (Å²) in [6.45, 7) is 8.32. The molecule has 21 heavy (non-hydrogen) atoms. The lowest BCUT2D eigenvalue weighted by molar-refractivity contribution is 0.0901. The van der Waals surface area contributed by atoms with Gasteiger partial charge in [-0.1, -0.05) is 13.8 Å². The van der Waals surface area contributed by atoms with Gasteiger partial charge in [0.1, 0.15) is 5.69 Å². The number of rotatable bonds is 6. The smallest absolute Gasteiger partial charge is 0.270 e. The molecule has 5 nitrogen and oxygen atoms in total. The number of carbonyl (C=O) groups excluding carboxylic acids is 1. The van der Waals surface area contributed by atoms with Crippen molar-refractivity contribution in [2.75, 3.05) is 31.5 Å². The molecule has 116 valence electrons. The van der Waals surface area contributed by atoms with Gasteiger partial charge in [-0.25, -0.2) is 4.98 Å². The molecular formula is C16H26N4O. The summed E-state index contributed by atoms with van der Waals surface area (Å²) < 4.78 is 0. The predicted molar refractivity (Wildman–Crippen MR) is 85.6 cm³/mol. The Labute approximate surface area is 127 Å². The van der Waals surface area contributed by atoms with E-state index >= 15 is 0 Å². The monoisotopic (exact) mass is 290 g/mol. The highest BCUT2D eigenvalue weighted by Crippen LogP contribution is 2.11. The second kappa shape index (κ2) is 7.98. The van der Waals surface area contributed by atoms with Crippen molar-refractivity contribution in [2.24, 2.45) is 0 Å². The van der Waals surface area contributed by atoms with Crippen LogP contribution in [0.5, 0.6) is 0 Å². The first-order valence-electron chi connectivity index (χ1n) is 7.96. The third-order valence-electron chi connectivity index (χ3n) is 3.86. The molecule has 1 aliphatic heterocycles. The molecule has 1 atom stereocenters. The highest BCUT2D eigenvalue weighted by molar-refractivity contribution is 5.92. The van der Waals surface area contributed by atoms with Crippen molar-refractivity contribution < 1.29 is 4.79 Å². The Balaban J connectivity index is 1.87. The minimum atomic E-state index is -0.0694. The van der Waals surface area contributed by atoms with E-state index in [2.05, 4.69) is 34.4 Å². The third kappa shape index (κ3) is 4.70. The molecule has 1 aromatic rings. The van der Waals surface area contributed by atoms with Crippen LogP contribution in [0.25, 0.3) is 0 Å². The quantitative estimate of drug-likeness (QED) is 0.842. The number of nitrogens with zero attached hydrogens (tertiary/aromatic N) is 2. The van der Waals surface area contributed by atoms with E-state index in [1.807, 2.05) is 6.07 Å². The molecule has 0 radical (unpaired) electrons. The first-order chi connectivity index (χ1) is 10.2. The van der Waals surface area contributed by atoms with Crippen LogP contribution in [0.4, 0.5) is 5.69 Å². The Morgan fingerprint density at radius 3 is 2.95 bits per heavy atom. The maximum atomic E-state index is 12.2. The van der Waals surface area contributed by atoms with Gasteiger partial charge in [-0.05, 0) is 44.5 Å². The largest absolute Gasteiger partial charge is 0.384 e. The van der Waals surface area contributed by atoms with Crippen molar-refractivity contribution in [3.05, 3.63) is 24.0 Å². The van der Waals surface area contributed by atoms with Gasteiger partial charge in [0.15, 0.2) is 0 Å². The molecule has 1 aliphatic rings. The number of carbonyl (C=O) groups is 1. The van der Waals surface area contributed by atoms with Crippen LogP contribution in [0.15, 0.2) is 18.3 Å². The minimum absolute atomic E-state index is 0.0694. The van der Waals surface area contributed by atoms with Gasteiger partial charge >= 0.3 is 0 Å². The second-order valence-corrected chi connectivity index (χ2v) is 5.56. The fourth-order valence-electron chi connectivity index (χ4n) is 2.62. The lowest BCUT2D eigenvalue weighted by atomic mass is 10.1. The van der Waals surface area contributed by atoms with Gasteiger partial charge in [-0.3, -0.25) is 4.79 Å². The number of hydrogen-bond donors (Lipinski definition) is 2. The number of piperidine rings is 1. The summed E-state index contributed by atoms with van der Waals surface area (Å²) in [5.74, 6) is -0.0694. The molecule has 1 saturated heterocycles. The maximum absolute atomic E-state index is 12.2. The van der Waals surface area contributed by atoms with Gasteiger partial charge in [0, 0.05) is 19.1 Å². The summed E-state index contributed by atoms with van der Waals surface area (Å²) in [4.78, 5) is 18.8. The second-order valence-electron chi connectivity index (χ2n) is 5.56. The van der Waals surface area contributed by atoms with Crippen LogP contribution in [0, 0.1) is 0 Å². The Kier molecular flexibility index (Phi) is 5.99. The van der Waals surface area contributed by atoms with Crippen molar-refractivity contribution in [1.82, 2.24) is 15.2 Å². The molecule has 1 unspecified atom stereocenters. The standard InChI is InChI=1S/C16H26N4O/c1-3-9-17-13-7-8-15(18-11-13)16(21)19-14-6-5-10-20(4-2)12-14/h7-8,11,14,17H,3-6,9-10,12H2,1-2H3,(H,19,21). The van der Waals surface area contributed by atoms with E-state index in [0.717, 1.165) is 51.1 Å². The number of pyridine rings is 1. The van der Waals surface area contributed by atoms with Gasteiger partial charge in [0.25, 0.3) is 5.91 Å². The van der Waals surface area contributed by atoms with E-state index in [9.17, 15) is 4.79 Å². The highest BCUT2D eigenvalue weighted by Gasteiger charge is 2.21. The average molecular weight is 290 g/mol. The summed E-state index contributed by atoms with van der Waals surface area (Å²) in [6, 6.07) is 3.94. The van der Waals surface area contributed by atoms with Crippen LogP contribution in [0.3, 0.4) is 0 Å². The van der Waals surface area contributed by atoms with Crippen LogP contribution in [-0.4, -0.2) is 48.0 Å².